The van der Waals surface area contributed by atoms with Crippen LogP contribution < -0.4 is 10.6 Å². The van der Waals surface area contributed by atoms with Crippen LogP contribution in [0.4, 0.5) is 19.0 Å². The van der Waals surface area contributed by atoms with Crippen LogP contribution in [0.1, 0.15) is 13.8 Å². The van der Waals surface area contributed by atoms with E-state index in [4.69, 9.17) is 17.3 Å². The highest BCUT2D eigenvalue weighted by molar-refractivity contribution is 6.29. The van der Waals surface area contributed by atoms with Gasteiger partial charge in [0.25, 0.3) is 0 Å². The first-order valence-corrected chi connectivity index (χ1v) is 6.11. The summed E-state index contributed by atoms with van der Waals surface area (Å²) in [6, 6.07) is -1.07. The van der Waals surface area contributed by atoms with Crippen LogP contribution >= 0.6 is 11.6 Å². The van der Waals surface area contributed by atoms with E-state index in [1.54, 1.807) is 13.8 Å². The number of aromatic nitrogens is 2. The highest BCUT2D eigenvalue weighted by atomic mass is 35.5. The van der Waals surface area contributed by atoms with Gasteiger partial charge in [0.2, 0.25) is 5.91 Å². The average Bonchev–Trinajstić information content (AvgIpc) is 2.33. The van der Waals surface area contributed by atoms with Gasteiger partial charge in [-0.25, -0.2) is 4.98 Å². The zero-order valence-electron chi connectivity index (χ0n) is 10.9. The number of halogens is 4. The normalized spacial score (nSPS) is 13.4. The Hall–Kier alpha value is -1.41. The first kappa shape index (κ1) is 16.6. The van der Waals surface area contributed by atoms with Crippen LogP contribution in [0.5, 0.6) is 0 Å². The first-order valence-electron chi connectivity index (χ1n) is 5.73. The molecule has 0 aromatic carbocycles. The summed E-state index contributed by atoms with van der Waals surface area (Å²) in [5.41, 5.74) is 5.62. The molecule has 9 heteroatoms. The molecule has 0 bridgehead atoms. The zero-order chi connectivity index (χ0) is 15.5. The SMILES string of the molecule is CC(C)[C@@H](N)C(=O)N(CC(F)(F)F)c1cncc(Cl)n1. The lowest BCUT2D eigenvalue weighted by atomic mass is 10.0. The van der Waals surface area contributed by atoms with Crippen LogP contribution in [0.25, 0.3) is 0 Å². The van der Waals surface area contributed by atoms with E-state index in [-0.39, 0.29) is 16.9 Å². The first-order chi connectivity index (χ1) is 9.11. The number of carbonyl (C=O) groups is 1. The van der Waals surface area contributed by atoms with E-state index in [2.05, 4.69) is 9.97 Å². The van der Waals surface area contributed by atoms with Gasteiger partial charge in [-0.1, -0.05) is 25.4 Å². The predicted molar refractivity (Wildman–Crippen MR) is 68.3 cm³/mol. The van der Waals surface area contributed by atoms with E-state index >= 15 is 0 Å². The Balaban J connectivity index is 3.12. The fraction of sp³-hybridized carbons (Fsp3) is 0.545. The number of nitrogens with two attached hydrogens (primary N) is 1. The molecule has 0 saturated carbocycles. The number of rotatable bonds is 4. The third-order valence-corrected chi connectivity index (χ3v) is 2.66. The summed E-state index contributed by atoms with van der Waals surface area (Å²) in [5, 5.41) is -0.111. The van der Waals surface area contributed by atoms with Gasteiger partial charge in [0.15, 0.2) is 5.82 Å². The predicted octanol–water partition coefficient (Wildman–Crippen LogP) is 2.01. The molecule has 0 saturated heterocycles. The molecule has 1 aromatic rings. The Bertz CT molecular complexity index is 481. The Kier molecular flexibility index (Phi) is 5.29. The second kappa shape index (κ2) is 6.36. The molecule has 1 rings (SSSR count). The Morgan fingerprint density at radius 3 is 2.50 bits per heavy atom. The van der Waals surface area contributed by atoms with Crippen LogP contribution in [0.3, 0.4) is 0 Å². The Morgan fingerprint density at radius 1 is 1.45 bits per heavy atom. The van der Waals surface area contributed by atoms with Crippen LogP contribution in [-0.2, 0) is 4.79 Å². The number of hydrogen-bond acceptors (Lipinski definition) is 4. The third-order valence-electron chi connectivity index (χ3n) is 2.48. The maximum absolute atomic E-state index is 12.6. The highest BCUT2D eigenvalue weighted by Crippen LogP contribution is 2.22. The van der Waals surface area contributed by atoms with Crippen molar-refractivity contribution in [3.8, 4) is 0 Å². The van der Waals surface area contributed by atoms with E-state index in [0.29, 0.717) is 4.90 Å². The molecule has 0 radical (unpaired) electrons. The average molecular weight is 311 g/mol. The molecule has 1 aromatic heterocycles. The fourth-order valence-electron chi connectivity index (χ4n) is 1.38. The summed E-state index contributed by atoms with van der Waals surface area (Å²) in [6.45, 7) is 1.78. The molecule has 0 aliphatic heterocycles. The standard InChI is InChI=1S/C11H14ClF3N4O/c1-6(2)9(16)10(20)19(5-11(13,14)15)8-4-17-3-7(12)18-8/h3-4,6,9H,5,16H2,1-2H3/t9-/m1/s1. The minimum atomic E-state index is -4.59. The summed E-state index contributed by atoms with van der Waals surface area (Å²) in [5.74, 6) is -1.48. The minimum Gasteiger partial charge on any atom is -0.320 e. The molecule has 0 spiro atoms. The lowest BCUT2D eigenvalue weighted by Gasteiger charge is -2.27. The number of amides is 1. The fourth-order valence-corrected chi connectivity index (χ4v) is 1.52. The molecular weight excluding hydrogens is 297 g/mol. The van der Waals surface area contributed by atoms with Gasteiger partial charge in [-0.2, -0.15) is 13.2 Å². The summed E-state index contributed by atoms with van der Waals surface area (Å²) < 4.78 is 37.8. The van der Waals surface area contributed by atoms with Gasteiger partial charge in [0, 0.05) is 0 Å². The Labute approximate surface area is 118 Å². The summed E-state index contributed by atoms with van der Waals surface area (Å²) >= 11 is 5.58. The smallest absolute Gasteiger partial charge is 0.320 e. The van der Waals surface area contributed by atoms with Gasteiger partial charge in [-0.05, 0) is 5.92 Å². The second-order valence-electron chi connectivity index (χ2n) is 4.51. The number of nitrogens with zero attached hydrogens (tertiary/aromatic N) is 3. The molecule has 0 fully saturated rings. The van der Waals surface area contributed by atoms with Crippen molar-refractivity contribution in [2.45, 2.75) is 26.1 Å². The summed E-state index contributed by atoms with van der Waals surface area (Å²) in [7, 11) is 0. The van der Waals surface area contributed by atoms with Gasteiger partial charge >= 0.3 is 6.18 Å². The maximum atomic E-state index is 12.6. The summed E-state index contributed by atoms with van der Waals surface area (Å²) in [6.07, 6.45) is -2.40. The van der Waals surface area contributed by atoms with E-state index in [1.165, 1.54) is 0 Å². The number of carbonyl (C=O) groups excluding carboxylic acids is 1. The van der Waals surface area contributed by atoms with Crippen LogP contribution in [0.2, 0.25) is 5.15 Å². The lowest BCUT2D eigenvalue weighted by molar-refractivity contribution is -0.133. The molecule has 0 unspecified atom stereocenters. The molecule has 20 heavy (non-hydrogen) atoms. The molecule has 0 aliphatic rings. The topological polar surface area (TPSA) is 72.1 Å². The van der Waals surface area contributed by atoms with E-state index in [0.717, 1.165) is 12.4 Å². The molecule has 1 amide bonds. The third kappa shape index (κ3) is 4.61. The molecule has 112 valence electrons. The van der Waals surface area contributed by atoms with Gasteiger partial charge in [-0.15, -0.1) is 0 Å². The second-order valence-corrected chi connectivity index (χ2v) is 4.90. The number of hydrogen-bond donors (Lipinski definition) is 1. The van der Waals surface area contributed by atoms with Crippen LogP contribution in [0.15, 0.2) is 12.4 Å². The van der Waals surface area contributed by atoms with E-state index in [9.17, 15) is 18.0 Å². The van der Waals surface area contributed by atoms with Gasteiger partial charge in [0.05, 0.1) is 18.4 Å². The van der Waals surface area contributed by atoms with Crippen LogP contribution in [-0.4, -0.2) is 34.6 Å². The van der Waals surface area contributed by atoms with E-state index < -0.39 is 24.7 Å². The van der Waals surface area contributed by atoms with Gasteiger partial charge < -0.3 is 5.73 Å². The van der Waals surface area contributed by atoms with Gasteiger partial charge in [-0.3, -0.25) is 14.7 Å². The lowest BCUT2D eigenvalue weighted by Crippen LogP contribution is -2.50. The van der Waals surface area contributed by atoms with Crippen molar-refractivity contribution in [1.29, 1.82) is 0 Å². The highest BCUT2D eigenvalue weighted by Gasteiger charge is 2.36. The van der Waals surface area contributed by atoms with Crippen molar-refractivity contribution >= 4 is 23.3 Å². The number of anilines is 1. The zero-order valence-corrected chi connectivity index (χ0v) is 11.6. The maximum Gasteiger partial charge on any atom is 0.406 e. The van der Waals surface area contributed by atoms with Crippen molar-refractivity contribution in [2.75, 3.05) is 11.4 Å². The van der Waals surface area contributed by atoms with E-state index in [1.807, 2.05) is 0 Å². The summed E-state index contributed by atoms with van der Waals surface area (Å²) in [4.78, 5) is 19.8. The van der Waals surface area contributed by atoms with Crippen molar-refractivity contribution < 1.29 is 18.0 Å². The quantitative estimate of drug-likeness (QED) is 0.923. The number of alkyl halides is 3. The molecule has 1 heterocycles. The molecule has 1 atom stereocenters. The molecule has 2 N–H and O–H groups in total. The van der Waals surface area contributed by atoms with Gasteiger partial charge in [0.1, 0.15) is 11.7 Å². The minimum absolute atomic E-state index is 0.111. The largest absolute Gasteiger partial charge is 0.406 e. The molecule has 0 aliphatic carbocycles. The molecule has 5 nitrogen and oxygen atoms in total. The Morgan fingerprint density at radius 2 is 2.05 bits per heavy atom. The van der Waals surface area contributed by atoms with Crippen molar-refractivity contribution in [3.05, 3.63) is 17.5 Å². The van der Waals surface area contributed by atoms with Crippen molar-refractivity contribution in [1.82, 2.24) is 9.97 Å². The molecular formula is C11H14ClF3N4O. The van der Waals surface area contributed by atoms with Crippen LogP contribution in [0, 0.1) is 5.92 Å². The monoisotopic (exact) mass is 310 g/mol. The van der Waals surface area contributed by atoms with Crippen molar-refractivity contribution in [2.24, 2.45) is 11.7 Å². The van der Waals surface area contributed by atoms with Crippen molar-refractivity contribution in [3.63, 3.8) is 0 Å².